The second kappa shape index (κ2) is 8.80. The summed E-state index contributed by atoms with van der Waals surface area (Å²) in [6.07, 6.45) is 1.02. The first-order valence-corrected chi connectivity index (χ1v) is 8.21. The molecule has 23 heavy (non-hydrogen) atoms. The van der Waals surface area contributed by atoms with Gasteiger partial charge in [0.25, 0.3) is 0 Å². The molecule has 2 aromatic carbocycles. The van der Waals surface area contributed by atoms with E-state index in [-0.39, 0.29) is 11.9 Å². The van der Waals surface area contributed by atoms with Crippen LogP contribution in [0.3, 0.4) is 0 Å². The van der Waals surface area contributed by atoms with Crippen molar-refractivity contribution in [3.8, 4) is 5.75 Å². The molecule has 0 saturated heterocycles. The lowest BCUT2D eigenvalue weighted by molar-refractivity contribution is -0.121. The summed E-state index contributed by atoms with van der Waals surface area (Å²) in [6, 6.07) is 14.9. The van der Waals surface area contributed by atoms with Crippen molar-refractivity contribution >= 4 is 29.1 Å². The maximum Gasteiger partial charge on any atom is 0.220 e. The lowest BCUT2D eigenvalue weighted by Gasteiger charge is -2.15. The molecule has 0 bridgehead atoms. The number of para-hydroxylation sites is 1. The number of rotatable bonds is 7. The summed E-state index contributed by atoms with van der Waals surface area (Å²) >= 11 is 11.8. The Morgan fingerprint density at radius 3 is 2.57 bits per heavy atom. The molecular weight excluding hydrogens is 333 g/mol. The third kappa shape index (κ3) is 6.12. The highest BCUT2D eigenvalue weighted by atomic mass is 35.5. The first kappa shape index (κ1) is 17.6. The van der Waals surface area contributed by atoms with Crippen LogP contribution in [-0.4, -0.2) is 18.6 Å². The van der Waals surface area contributed by atoms with Gasteiger partial charge in [-0.25, -0.2) is 0 Å². The first-order chi connectivity index (χ1) is 11.0. The number of carbonyl (C=O) groups is 1. The molecule has 0 heterocycles. The van der Waals surface area contributed by atoms with Crippen molar-refractivity contribution in [2.24, 2.45) is 0 Å². The Kier molecular flexibility index (Phi) is 6.75. The zero-order chi connectivity index (χ0) is 16.7. The number of nitrogens with one attached hydrogen (secondary N) is 1. The highest BCUT2D eigenvalue weighted by Gasteiger charge is 2.09. The van der Waals surface area contributed by atoms with Crippen LogP contribution in [0.4, 0.5) is 0 Å². The predicted molar refractivity (Wildman–Crippen MR) is 94.3 cm³/mol. The van der Waals surface area contributed by atoms with Crippen LogP contribution < -0.4 is 10.1 Å². The van der Waals surface area contributed by atoms with E-state index in [1.165, 1.54) is 0 Å². The molecule has 122 valence electrons. The van der Waals surface area contributed by atoms with Gasteiger partial charge in [-0.05, 0) is 43.2 Å². The molecule has 0 fully saturated rings. The van der Waals surface area contributed by atoms with E-state index in [0.717, 1.165) is 11.3 Å². The summed E-state index contributed by atoms with van der Waals surface area (Å²) in [5, 5.41) is 3.95. The molecule has 1 atom stereocenters. The van der Waals surface area contributed by atoms with Crippen molar-refractivity contribution in [1.29, 1.82) is 0 Å². The molecule has 3 nitrogen and oxygen atoms in total. The van der Waals surface area contributed by atoms with E-state index in [4.69, 9.17) is 27.9 Å². The van der Waals surface area contributed by atoms with Crippen LogP contribution in [0.25, 0.3) is 0 Å². The Morgan fingerprint density at radius 2 is 1.87 bits per heavy atom. The zero-order valence-corrected chi connectivity index (χ0v) is 14.4. The molecule has 2 aromatic rings. The largest absolute Gasteiger partial charge is 0.491 e. The van der Waals surface area contributed by atoms with Gasteiger partial charge in [-0.1, -0.05) is 47.5 Å². The SMILES string of the molecule is C[C@@H](COc1ccccc1)NC(=O)CCc1ccc(Cl)c(Cl)c1. The molecular formula is C18H19Cl2NO2. The van der Waals surface area contributed by atoms with Gasteiger partial charge >= 0.3 is 0 Å². The summed E-state index contributed by atoms with van der Waals surface area (Å²) in [4.78, 5) is 12.0. The summed E-state index contributed by atoms with van der Waals surface area (Å²) in [5.74, 6) is 0.782. The fourth-order valence-electron chi connectivity index (χ4n) is 2.08. The highest BCUT2D eigenvalue weighted by molar-refractivity contribution is 6.42. The fourth-order valence-corrected chi connectivity index (χ4v) is 2.40. The minimum atomic E-state index is -0.0588. The average Bonchev–Trinajstić information content (AvgIpc) is 2.55. The fraction of sp³-hybridized carbons (Fsp3) is 0.278. The maximum absolute atomic E-state index is 12.0. The van der Waals surface area contributed by atoms with Gasteiger partial charge in [0.2, 0.25) is 5.91 Å². The molecule has 0 saturated carbocycles. The summed E-state index contributed by atoms with van der Waals surface area (Å²) in [7, 11) is 0. The van der Waals surface area contributed by atoms with Crippen LogP contribution in [0.2, 0.25) is 10.0 Å². The Labute approximate surface area is 146 Å². The van der Waals surface area contributed by atoms with Crippen LogP contribution in [0, 0.1) is 0 Å². The molecule has 0 aliphatic heterocycles. The number of hydrogen-bond donors (Lipinski definition) is 1. The van der Waals surface area contributed by atoms with Crippen molar-refractivity contribution in [3.05, 3.63) is 64.1 Å². The molecule has 1 amide bonds. The topological polar surface area (TPSA) is 38.3 Å². The van der Waals surface area contributed by atoms with Crippen molar-refractivity contribution in [1.82, 2.24) is 5.32 Å². The van der Waals surface area contributed by atoms with Gasteiger partial charge in [0.05, 0.1) is 16.1 Å². The highest BCUT2D eigenvalue weighted by Crippen LogP contribution is 2.23. The summed E-state index contributed by atoms with van der Waals surface area (Å²) in [5.41, 5.74) is 0.989. The lowest BCUT2D eigenvalue weighted by atomic mass is 10.1. The van der Waals surface area contributed by atoms with Crippen molar-refractivity contribution in [2.75, 3.05) is 6.61 Å². The monoisotopic (exact) mass is 351 g/mol. The second-order valence-electron chi connectivity index (χ2n) is 5.34. The molecule has 0 radical (unpaired) electrons. The molecule has 0 unspecified atom stereocenters. The van der Waals surface area contributed by atoms with E-state index >= 15 is 0 Å². The smallest absolute Gasteiger partial charge is 0.220 e. The molecule has 0 aromatic heterocycles. The van der Waals surface area contributed by atoms with Gasteiger partial charge in [0, 0.05) is 6.42 Å². The van der Waals surface area contributed by atoms with Gasteiger partial charge in [-0.15, -0.1) is 0 Å². The Balaban J connectivity index is 1.72. The van der Waals surface area contributed by atoms with Crippen molar-refractivity contribution in [3.63, 3.8) is 0 Å². The van der Waals surface area contributed by atoms with Crippen LogP contribution in [-0.2, 0) is 11.2 Å². The molecule has 1 N–H and O–H groups in total. The first-order valence-electron chi connectivity index (χ1n) is 7.45. The Bertz CT molecular complexity index is 647. The van der Waals surface area contributed by atoms with Crippen LogP contribution >= 0.6 is 23.2 Å². The average molecular weight is 352 g/mol. The Morgan fingerprint density at radius 1 is 1.13 bits per heavy atom. The minimum absolute atomic E-state index is 0.0137. The lowest BCUT2D eigenvalue weighted by Crippen LogP contribution is -2.36. The summed E-state index contributed by atoms with van der Waals surface area (Å²) < 4.78 is 5.61. The normalized spacial score (nSPS) is 11.8. The van der Waals surface area contributed by atoms with Gasteiger partial charge in [-0.3, -0.25) is 4.79 Å². The quantitative estimate of drug-likeness (QED) is 0.796. The maximum atomic E-state index is 12.0. The number of amides is 1. The Hall–Kier alpha value is -1.71. The summed E-state index contributed by atoms with van der Waals surface area (Å²) in [6.45, 7) is 2.35. The number of hydrogen-bond acceptors (Lipinski definition) is 2. The third-order valence-electron chi connectivity index (χ3n) is 3.28. The number of carbonyl (C=O) groups excluding carboxylic acids is 1. The zero-order valence-electron chi connectivity index (χ0n) is 12.9. The van der Waals surface area contributed by atoms with Gasteiger partial charge in [-0.2, -0.15) is 0 Å². The third-order valence-corrected chi connectivity index (χ3v) is 4.01. The van der Waals surface area contributed by atoms with E-state index in [1.54, 1.807) is 12.1 Å². The number of halogens is 2. The van der Waals surface area contributed by atoms with Gasteiger partial charge in [0.1, 0.15) is 12.4 Å². The predicted octanol–water partition coefficient (Wildman–Crippen LogP) is 4.51. The molecule has 2 rings (SSSR count). The number of ether oxygens (including phenoxy) is 1. The van der Waals surface area contributed by atoms with E-state index < -0.39 is 0 Å². The minimum Gasteiger partial charge on any atom is -0.491 e. The van der Waals surface area contributed by atoms with Crippen LogP contribution in [0.5, 0.6) is 5.75 Å². The van der Waals surface area contributed by atoms with E-state index in [9.17, 15) is 4.79 Å². The number of aryl methyl sites for hydroxylation is 1. The number of benzene rings is 2. The van der Waals surface area contributed by atoms with E-state index in [2.05, 4.69) is 5.32 Å². The molecule has 5 heteroatoms. The van der Waals surface area contributed by atoms with E-state index in [1.807, 2.05) is 43.3 Å². The second-order valence-corrected chi connectivity index (χ2v) is 6.16. The van der Waals surface area contributed by atoms with Crippen molar-refractivity contribution in [2.45, 2.75) is 25.8 Å². The van der Waals surface area contributed by atoms with Gasteiger partial charge in [0.15, 0.2) is 0 Å². The van der Waals surface area contributed by atoms with Gasteiger partial charge < -0.3 is 10.1 Å². The van der Waals surface area contributed by atoms with Crippen LogP contribution in [0.15, 0.2) is 48.5 Å². The van der Waals surface area contributed by atoms with Crippen LogP contribution in [0.1, 0.15) is 18.9 Å². The standard InChI is InChI=1S/C18H19Cl2NO2/c1-13(12-23-15-5-3-2-4-6-15)21-18(22)10-8-14-7-9-16(19)17(20)11-14/h2-7,9,11,13H,8,10,12H2,1H3,(H,21,22)/t13-/m0/s1. The molecule has 0 aliphatic rings. The van der Waals surface area contributed by atoms with Crippen molar-refractivity contribution < 1.29 is 9.53 Å². The van der Waals surface area contributed by atoms with E-state index in [0.29, 0.717) is 29.5 Å². The molecule has 0 aliphatic carbocycles. The molecule has 0 spiro atoms.